The van der Waals surface area contributed by atoms with Gasteiger partial charge in [0.1, 0.15) is 23.4 Å². The largest absolute Gasteiger partial charge is 0.646 e. The van der Waals surface area contributed by atoms with Crippen LogP contribution >= 0.6 is 7.82 Å². The SMILES string of the molecule is CC(C)COC(=O)C1=C(OP(=O)(Oc2ccccc2)Oc2ccccc2)CCC[C@@H]1[C@H]1C=CC(=O)O1. The van der Waals surface area contributed by atoms with Crippen molar-refractivity contribution in [2.75, 3.05) is 6.61 Å². The third-order valence-electron chi connectivity index (χ3n) is 5.57. The summed E-state index contributed by atoms with van der Waals surface area (Å²) in [6.45, 7) is 4.05. The lowest BCUT2D eigenvalue weighted by molar-refractivity contribution is -0.145. The maximum Gasteiger partial charge on any atom is 0.646 e. The van der Waals surface area contributed by atoms with Gasteiger partial charge in [-0.3, -0.25) is 0 Å². The summed E-state index contributed by atoms with van der Waals surface area (Å²) in [4.78, 5) is 25.0. The van der Waals surface area contributed by atoms with Crippen molar-refractivity contribution in [3.05, 3.63) is 84.1 Å². The fourth-order valence-electron chi connectivity index (χ4n) is 3.99. The van der Waals surface area contributed by atoms with E-state index in [0.717, 1.165) is 0 Å². The number of para-hydroxylation sites is 2. The molecule has 36 heavy (non-hydrogen) atoms. The molecule has 8 nitrogen and oxygen atoms in total. The highest BCUT2D eigenvalue weighted by Gasteiger charge is 2.42. The van der Waals surface area contributed by atoms with Crippen LogP contribution in [0.5, 0.6) is 11.5 Å². The summed E-state index contributed by atoms with van der Waals surface area (Å²) >= 11 is 0. The first-order chi connectivity index (χ1) is 17.3. The highest BCUT2D eigenvalue weighted by atomic mass is 31.2. The van der Waals surface area contributed by atoms with E-state index in [4.69, 9.17) is 23.0 Å². The number of cyclic esters (lactones) is 1. The molecular weight excluding hydrogens is 483 g/mol. The molecule has 0 amide bonds. The molecule has 1 aliphatic carbocycles. The minimum atomic E-state index is -4.31. The molecule has 2 atom stereocenters. The molecule has 2 aromatic carbocycles. The lowest BCUT2D eigenvalue weighted by Crippen LogP contribution is -2.31. The molecule has 0 saturated heterocycles. The van der Waals surface area contributed by atoms with Crippen LogP contribution in [0.1, 0.15) is 33.1 Å². The van der Waals surface area contributed by atoms with Gasteiger partial charge in [0.25, 0.3) is 0 Å². The zero-order valence-corrected chi connectivity index (χ0v) is 21.1. The summed E-state index contributed by atoms with van der Waals surface area (Å²) < 4.78 is 42.4. The van der Waals surface area contributed by atoms with Gasteiger partial charge in [0.15, 0.2) is 0 Å². The fraction of sp³-hybridized carbons (Fsp3) is 0.333. The lowest BCUT2D eigenvalue weighted by Gasteiger charge is -2.31. The van der Waals surface area contributed by atoms with E-state index in [0.29, 0.717) is 19.3 Å². The van der Waals surface area contributed by atoms with Crippen LogP contribution in [0.25, 0.3) is 0 Å². The molecule has 9 heteroatoms. The van der Waals surface area contributed by atoms with Gasteiger partial charge >= 0.3 is 19.8 Å². The maximum absolute atomic E-state index is 14.0. The molecule has 4 rings (SSSR count). The van der Waals surface area contributed by atoms with Crippen molar-refractivity contribution in [3.63, 3.8) is 0 Å². The van der Waals surface area contributed by atoms with Gasteiger partial charge in [-0.2, -0.15) is 4.57 Å². The predicted molar refractivity (Wildman–Crippen MR) is 132 cm³/mol. The molecule has 0 bridgehead atoms. The zero-order chi connectivity index (χ0) is 25.5. The van der Waals surface area contributed by atoms with E-state index in [-0.39, 0.29) is 35.4 Å². The molecule has 0 N–H and O–H groups in total. The quantitative estimate of drug-likeness (QED) is 0.282. The number of carbonyl (C=O) groups excluding carboxylic acids is 2. The number of hydrogen-bond acceptors (Lipinski definition) is 8. The molecule has 0 spiro atoms. The van der Waals surface area contributed by atoms with Gasteiger partial charge in [-0.25, -0.2) is 9.59 Å². The molecule has 1 aliphatic heterocycles. The number of rotatable bonds is 10. The molecule has 0 saturated carbocycles. The lowest BCUT2D eigenvalue weighted by atomic mass is 9.82. The minimum absolute atomic E-state index is 0.110. The molecule has 1 heterocycles. The number of ether oxygens (including phenoxy) is 2. The van der Waals surface area contributed by atoms with Crippen molar-refractivity contribution >= 4 is 19.8 Å². The van der Waals surface area contributed by atoms with Crippen LogP contribution in [0.4, 0.5) is 0 Å². The summed E-state index contributed by atoms with van der Waals surface area (Å²) in [5.74, 6) is -0.787. The molecular formula is C27H29O8P. The van der Waals surface area contributed by atoms with Crippen LogP contribution in [0.2, 0.25) is 0 Å². The van der Waals surface area contributed by atoms with Crippen LogP contribution in [0, 0.1) is 11.8 Å². The Hall–Kier alpha value is -3.51. The van der Waals surface area contributed by atoms with Crippen molar-refractivity contribution in [3.8, 4) is 11.5 Å². The Kier molecular flexibility index (Phi) is 8.16. The number of allylic oxidation sites excluding steroid dienone is 1. The zero-order valence-electron chi connectivity index (χ0n) is 20.2. The van der Waals surface area contributed by atoms with Crippen LogP contribution < -0.4 is 9.05 Å². The molecule has 190 valence electrons. The number of carbonyl (C=O) groups is 2. The second kappa shape index (κ2) is 11.5. The first-order valence-electron chi connectivity index (χ1n) is 11.9. The Labute approximate surface area is 210 Å². The Balaban J connectivity index is 1.71. The number of benzene rings is 2. The van der Waals surface area contributed by atoms with Gasteiger partial charge in [-0.15, -0.1) is 0 Å². The van der Waals surface area contributed by atoms with Gasteiger partial charge in [-0.05, 0) is 49.1 Å². The third kappa shape index (κ3) is 6.58. The molecule has 0 unspecified atom stereocenters. The number of phosphoric ester groups is 1. The highest BCUT2D eigenvalue weighted by molar-refractivity contribution is 7.49. The topological polar surface area (TPSA) is 97.4 Å². The van der Waals surface area contributed by atoms with E-state index in [2.05, 4.69) is 0 Å². The molecule has 0 radical (unpaired) electrons. The first kappa shape index (κ1) is 25.6. The summed E-state index contributed by atoms with van der Waals surface area (Å²) in [6.07, 6.45) is 3.78. The Bertz CT molecular complexity index is 1130. The average molecular weight is 512 g/mol. The van der Waals surface area contributed by atoms with Crippen molar-refractivity contribution in [1.29, 1.82) is 0 Å². The number of phosphoric acid groups is 1. The normalized spacial score (nSPS) is 19.7. The van der Waals surface area contributed by atoms with Crippen molar-refractivity contribution in [2.45, 2.75) is 39.2 Å². The van der Waals surface area contributed by atoms with Crippen LogP contribution in [0.15, 0.2) is 84.1 Å². The minimum Gasteiger partial charge on any atom is -0.462 e. The fourth-order valence-corrected chi connectivity index (χ4v) is 5.32. The summed E-state index contributed by atoms with van der Waals surface area (Å²) in [5.41, 5.74) is 0.180. The second-order valence-corrected chi connectivity index (χ2v) is 10.4. The monoisotopic (exact) mass is 512 g/mol. The number of esters is 2. The van der Waals surface area contributed by atoms with E-state index < -0.39 is 31.8 Å². The summed E-state index contributed by atoms with van der Waals surface area (Å²) in [5, 5.41) is 0. The number of hydrogen-bond donors (Lipinski definition) is 0. The standard InChI is InChI=1S/C27H29O8P/c1-19(2)18-31-27(29)26-22(23-16-17-25(28)32-23)14-9-15-24(26)35-36(30,33-20-10-5-3-6-11-20)34-21-12-7-4-8-13-21/h3-8,10-13,16-17,19,22-23H,9,14-15,18H2,1-2H3/t22-,23-/m1/s1. The van der Waals surface area contributed by atoms with Crippen molar-refractivity contribution in [2.24, 2.45) is 11.8 Å². The van der Waals surface area contributed by atoms with Gasteiger partial charge in [0.05, 0.1) is 12.2 Å². The van der Waals surface area contributed by atoms with E-state index in [9.17, 15) is 14.2 Å². The van der Waals surface area contributed by atoms with E-state index in [1.807, 2.05) is 13.8 Å². The summed E-state index contributed by atoms with van der Waals surface area (Å²) in [6, 6.07) is 17.0. The average Bonchev–Trinajstić information content (AvgIpc) is 3.29. The van der Waals surface area contributed by atoms with Gasteiger partial charge in [-0.1, -0.05) is 50.2 Å². The van der Waals surface area contributed by atoms with E-state index in [1.165, 1.54) is 6.08 Å². The molecule has 2 aliphatic rings. The van der Waals surface area contributed by atoms with Gasteiger partial charge < -0.3 is 23.0 Å². The second-order valence-electron chi connectivity index (χ2n) is 8.94. The van der Waals surface area contributed by atoms with Gasteiger partial charge in [0.2, 0.25) is 0 Å². The molecule has 2 aromatic rings. The summed E-state index contributed by atoms with van der Waals surface area (Å²) in [7, 11) is -4.31. The highest BCUT2D eigenvalue weighted by Crippen LogP contribution is 2.53. The predicted octanol–water partition coefficient (Wildman–Crippen LogP) is 6.00. The molecule has 0 fully saturated rings. The third-order valence-corrected chi connectivity index (χ3v) is 6.88. The Morgan fingerprint density at radius 2 is 1.61 bits per heavy atom. The van der Waals surface area contributed by atoms with Crippen molar-refractivity contribution in [1.82, 2.24) is 0 Å². The Morgan fingerprint density at radius 3 is 2.14 bits per heavy atom. The van der Waals surface area contributed by atoms with E-state index in [1.54, 1.807) is 66.7 Å². The smallest absolute Gasteiger partial charge is 0.462 e. The van der Waals surface area contributed by atoms with Gasteiger partial charge in [0, 0.05) is 18.4 Å². The van der Waals surface area contributed by atoms with Crippen molar-refractivity contribution < 1.29 is 37.2 Å². The van der Waals surface area contributed by atoms with Crippen LogP contribution in [-0.4, -0.2) is 24.6 Å². The van der Waals surface area contributed by atoms with E-state index >= 15 is 0 Å². The maximum atomic E-state index is 14.0. The van der Waals surface area contributed by atoms with Crippen LogP contribution in [0.3, 0.4) is 0 Å². The molecule has 0 aromatic heterocycles. The Morgan fingerprint density at radius 1 is 1.00 bits per heavy atom. The first-order valence-corrected chi connectivity index (χ1v) is 13.4. The van der Waals surface area contributed by atoms with Crippen LogP contribution in [-0.2, 0) is 28.2 Å².